The average molecular weight is 289 g/mol. The molecule has 0 aliphatic heterocycles. The van der Waals surface area contributed by atoms with Crippen LogP contribution in [0.1, 0.15) is 13.3 Å². The van der Waals surface area contributed by atoms with Crippen LogP contribution in [-0.4, -0.2) is 33.4 Å². The molecular formula is C7H11ClF6OSi. The Kier molecular flexibility index (Phi) is 5.61. The molecule has 0 bridgehead atoms. The molecule has 0 aromatic carbocycles. The second kappa shape index (κ2) is 5.59. The van der Waals surface area contributed by atoms with Crippen molar-refractivity contribution in [3.8, 4) is 0 Å². The van der Waals surface area contributed by atoms with E-state index in [1.54, 1.807) is 0 Å². The average Bonchev–Trinajstić information content (AvgIpc) is 2.14. The maximum Gasteiger partial charge on any atom is 0.425 e. The monoisotopic (exact) mass is 288 g/mol. The van der Waals surface area contributed by atoms with Crippen molar-refractivity contribution in [3.05, 3.63) is 0 Å². The van der Waals surface area contributed by atoms with Gasteiger partial charge in [0.2, 0.25) is 0 Å². The first-order valence-electron chi connectivity index (χ1n) is 4.45. The number of rotatable bonds is 7. The molecule has 1 nitrogen and oxygen atoms in total. The van der Waals surface area contributed by atoms with Crippen LogP contribution >= 0.6 is 11.1 Å². The van der Waals surface area contributed by atoms with Gasteiger partial charge in [0, 0.05) is 6.04 Å². The topological polar surface area (TPSA) is 9.23 Å². The summed E-state index contributed by atoms with van der Waals surface area (Å²) < 4.78 is 80.1. The van der Waals surface area contributed by atoms with Crippen LogP contribution in [0.25, 0.3) is 0 Å². The number of alkyl halides is 6. The maximum absolute atomic E-state index is 12.8. The van der Waals surface area contributed by atoms with E-state index in [1.807, 2.05) is 0 Å². The lowest BCUT2D eigenvalue weighted by Gasteiger charge is -2.31. The Morgan fingerprint density at radius 2 is 1.62 bits per heavy atom. The van der Waals surface area contributed by atoms with Crippen LogP contribution in [0, 0.1) is 0 Å². The van der Waals surface area contributed by atoms with Crippen molar-refractivity contribution < 1.29 is 31.1 Å². The molecule has 16 heavy (non-hydrogen) atoms. The van der Waals surface area contributed by atoms with Crippen molar-refractivity contribution in [2.75, 3.05) is 6.61 Å². The fourth-order valence-corrected chi connectivity index (χ4v) is 2.07. The Morgan fingerprint density at radius 1 is 1.12 bits per heavy atom. The minimum absolute atomic E-state index is 0.0154. The van der Waals surface area contributed by atoms with Gasteiger partial charge >= 0.3 is 18.0 Å². The van der Waals surface area contributed by atoms with Crippen LogP contribution in [-0.2, 0) is 4.74 Å². The van der Waals surface area contributed by atoms with Crippen LogP contribution in [0.2, 0.25) is 6.04 Å². The van der Waals surface area contributed by atoms with Gasteiger partial charge in [-0.25, -0.2) is 0 Å². The first kappa shape index (κ1) is 16.0. The van der Waals surface area contributed by atoms with Crippen LogP contribution in [0.15, 0.2) is 0 Å². The van der Waals surface area contributed by atoms with Gasteiger partial charge < -0.3 is 4.74 Å². The van der Waals surface area contributed by atoms with Gasteiger partial charge in [-0.3, -0.25) is 0 Å². The lowest BCUT2D eigenvalue weighted by atomic mass is 10.2. The normalized spacial score (nSPS) is 15.0. The van der Waals surface area contributed by atoms with E-state index in [2.05, 4.69) is 4.74 Å². The van der Waals surface area contributed by atoms with Crippen molar-refractivity contribution in [1.29, 1.82) is 0 Å². The summed E-state index contributed by atoms with van der Waals surface area (Å²) in [5.74, 6) is -10.4. The SMILES string of the molecule is CCCOC(F)(F)C(F)(F)C(F)(F)C[SiH2]Cl. The zero-order valence-corrected chi connectivity index (χ0v) is 10.6. The summed E-state index contributed by atoms with van der Waals surface area (Å²) in [4.78, 5) is 0. The largest absolute Gasteiger partial charge is 0.425 e. The molecule has 0 saturated carbocycles. The van der Waals surface area contributed by atoms with E-state index in [1.165, 1.54) is 6.92 Å². The molecule has 0 aliphatic carbocycles. The first-order valence-corrected chi connectivity index (χ1v) is 7.59. The summed E-state index contributed by atoms with van der Waals surface area (Å²) in [6, 6.07) is -1.41. The maximum atomic E-state index is 12.8. The molecule has 0 radical (unpaired) electrons. The van der Waals surface area contributed by atoms with Gasteiger partial charge in [0.05, 0.1) is 6.61 Å². The molecule has 9 heteroatoms. The van der Waals surface area contributed by atoms with Crippen LogP contribution in [0.3, 0.4) is 0 Å². The highest BCUT2D eigenvalue weighted by Gasteiger charge is 2.72. The van der Waals surface area contributed by atoms with Crippen molar-refractivity contribution in [1.82, 2.24) is 0 Å². The second-order valence-corrected chi connectivity index (χ2v) is 5.09. The molecule has 0 aliphatic rings. The zero-order valence-electron chi connectivity index (χ0n) is 8.38. The summed E-state index contributed by atoms with van der Waals surface area (Å²) >= 11 is 4.99. The summed E-state index contributed by atoms with van der Waals surface area (Å²) in [5, 5.41) is 0. The smallest absolute Gasteiger partial charge is 0.316 e. The van der Waals surface area contributed by atoms with E-state index in [0.717, 1.165) is 0 Å². The van der Waals surface area contributed by atoms with Gasteiger partial charge in [0.15, 0.2) is 0 Å². The molecule has 0 aromatic rings. The molecule has 0 N–H and O–H groups in total. The minimum atomic E-state index is -5.54. The van der Waals surface area contributed by atoms with Gasteiger partial charge in [-0.05, 0) is 6.42 Å². The van der Waals surface area contributed by atoms with Crippen LogP contribution < -0.4 is 0 Å². The summed E-state index contributed by atoms with van der Waals surface area (Å²) in [5.41, 5.74) is 0. The van der Waals surface area contributed by atoms with Crippen LogP contribution in [0.4, 0.5) is 26.3 Å². The van der Waals surface area contributed by atoms with Gasteiger partial charge in [0.1, 0.15) is 8.83 Å². The van der Waals surface area contributed by atoms with Crippen LogP contribution in [0.5, 0.6) is 0 Å². The Bertz CT molecular complexity index is 225. The molecule has 0 aromatic heterocycles. The fraction of sp³-hybridized carbons (Fsp3) is 1.00. The van der Waals surface area contributed by atoms with E-state index in [9.17, 15) is 26.3 Å². The molecule has 0 spiro atoms. The second-order valence-electron chi connectivity index (χ2n) is 3.08. The van der Waals surface area contributed by atoms with Gasteiger partial charge in [-0.1, -0.05) is 6.92 Å². The predicted octanol–water partition coefficient (Wildman–Crippen LogP) is 3.02. The predicted molar refractivity (Wildman–Crippen MR) is 50.3 cm³/mol. The quantitative estimate of drug-likeness (QED) is 0.397. The molecule has 0 unspecified atom stereocenters. The lowest BCUT2D eigenvalue weighted by Crippen LogP contribution is -2.55. The highest BCUT2D eigenvalue weighted by molar-refractivity contribution is 6.93. The summed E-state index contributed by atoms with van der Waals surface area (Å²) in [7, 11) is -1.99. The van der Waals surface area contributed by atoms with Gasteiger partial charge in [0.25, 0.3) is 0 Å². The standard InChI is InChI=1S/C7H11ClF6OSi/c1-2-3-15-7(13,14)6(11,12)5(9,10)4-16-8/h2-4,16H2,1H3. The molecule has 98 valence electrons. The molecule has 0 rings (SSSR count). The fourth-order valence-electron chi connectivity index (χ4n) is 0.809. The number of hydrogen-bond donors (Lipinski definition) is 0. The first-order chi connectivity index (χ1) is 7.12. The molecule has 0 heterocycles. The molecule has 0 amide bonds. The molecule has 0 fully saturated rings. The summed E-state index contributed by atoms with van der Waals surface area (Å²) in [6.07, 6.45) is -5.17. The van der Waals surface area contributed by atoms with Crippen molar-refractivity contribution in [2.45, 2.75) is 37.3 Å². The molecule has 0 saturated heterocycles. The highest BCUT2D eigenvalue weighted by Crippen LogP contribution is 2.48. The van der Waals surface area contributed by atoms with Crippen molar-refractivity contribution in [2.24, 2.45) is 0 Å². The Morgan fingerprint density at radius 3 is 2.00 bits per heavy atom. The summed E-state index contributed by atoms with van der Waals surface area (Å²) in [6.45, 7) is 0.662. The van der Waals surface area contributed by atoms with E-state index >= 15 is 0 Å². The third kappa shape index (κ3) is 3.27. The third-order valence-corrected chi connectivity index (χ3v) is 3.10. The van der Waals surface area contributed by atoms with E-state index in [0.29, 0.717) is 0 Å². The lowest BCUT2D eigenvalue weighted by molar-refractivity contribution is -0.394. The van der Waals surface area contributed by atoms with Crippen molar-refractivity contribution in [3.63, 3.8) is 0 Å². The number of halogens is 7. The van der Waals surface area contributed by atoms with Gasteiger partial charge in [-0.15, -0.1) is 0 Å². The minimum Gasteiger partial charge on any atom is -0.316 e. The molecular weight excluding hydrogens is 278 g/mol. The Hall–Kier alpha value is 0.0469. The zero-order chi connectivity index (χ0) is 13.0. The third-order valence-electron chi connectivity index (χ3n) is 1.72. The Balaban J connectivity index is 4.86. The van der Waals surface area contributed by atoms with E-state index < -0.39 is 39.4 Å². The highest BCUT2D eigenvalue weighted by atomic mass is 35.6. The van der Waals surface area contributed by atoms with E-state index in [4.69, 9.17) is 11.1 Å². The number of hydrogen-bond acceptors (Lipinski definition) is 1. The van der Waals surface area contributed by atoms with E-state index in [-0.39, 0.29) is 6.42 Å². The Labute approximate surface area is 95.6 Å². The van der Waals surface area contributed by atoms with Gasteiger partial charge in [-0.2, -0.15) is 37.4 Å². The molecule has 0 atom stereocenters. The van der Waals surface area contributed by atoms with Crippen molar-refractivity contribution >= 4 is 19.9 Å². The number of ether oxygens (including phenoxy) is 1.